The van der Waals surface area contributed by atoms with Crippen molar-refractivity contribution in [3.05, 3.63) is 63.6 Å². The third-order valence-electron chi connectivity index (χ3n) is 3.30. The Balaban J connectivity index is 2.02. The molecule has 1 N–H and O–H groups in total. The van der Waals surface area contributed by atoms with Crippen molar-refractivity contribution in [1.82, 2.24) is 0 Å². The van der Waals surface area contributed by atoms with Gasteiger partial charge in [-0.3, -0.25) is 4.79 Å². The minimum Gasteiger partial charge on any atom is -0.377 e. The molecular formula is C15H11Cl2NO. The number of hydrogen-bond acceptors (Lipinski definition) is 2. The zero-order valence-corrected chi connectivity index (χ0v) is 11.5. The molecule has 0 aliphatic carbocycles. The molecule has 0 bridgehead atoms. The minimum atomic E-state index is -0.131. The highest BCUT2D eigenvalue weighted by Crippen LogP contribution is 2.37. The Hall–Kier alpha value is -1.51. The third-order valence-corrected chi connectivity index (χ3v) is 4.14. The van der Waals surface area contributed by atoms with Crippen LogP contribution >= 0.6 is 23.2 Å². The number of fused-ring (bicyclic) bond motifs is 1. The molecule has 0 aromatic heterocycles. The molecule has 0 spiro atoms. The number of rotatable bonds is 1. The van der Waals surface area contributed by atoms with E-state index in [1.165, 1.54) is 0 Å². The van der Waals surface area contributed by atoms with E-state index in [2.05, 4.69) is 5.32 Å². The van der Waals surface area contributed by atoms with Gasteiger partial charge in [-0.1, -0.05) is 47.5 Å². The van der Waals surface area contributed by atoms with Crippen LogP contribution in [-0.4, -0.2) is 5.78 Å². The number of benzene rings is 2. The molecule has 2 nitrogen and oxygen atoms in total. The van der Waals surface area contributed by atoms with Crippen molar-refractivity contribution in [2.24, 2.45) is 0 Å². The molecule has 2 aromatic carbocycles. The number of ketones is 1. The lowest BCUT2D eigenvalue weighted by atomic mass is 9.92. The quantitative estimate of drug-likeness (QED) is 0.823. The number of hydrogen-bond donors (Lipinski definition) is 1. The van der Waals surface area contributed by atoms with Gasteiger partial charge in [-0.2, -0.15) is 0 Å². The lowest BCUT2D eigenvalue weighted by molar-refractivity contribution is 0.0972. The summed E-state index contributed by atoms with van der Waals surface area (Å²) < 4.78 is 0. The molecule has 1 atom stereocenters. The number of nitrogens with one attached hydrogen (secondary N) is 1. The first kappa shape index (κ1) is 12.5. The molecule has 0 saturated carbocycles. The molecule has 0 amide bonds. The van der Waals surface area contributed by atoms with Crippen LogP contribution in [0, 0.1) is 0 Å². The number of anilines is 1. The van der Waals surface area contributed by atoms with Gasteiger partial charge in [0.15, 0.2) is 5.78 Å². The molecule has 0 fully saturated rings. The molecule has 0 radical (unpaired) electrons. The van der Waals surface area contributed by atoms with Crippen molar-refractivity contribution in [1.29, 1.82) is 0 Å². The van der Waals surface area contributed by atoms with Gasteiger partial charge < -0.3 is 5.32 Å². The van der Waals surface area contributed by atoms with E-state index < -0.39 is 0 Å². The number of carbonyl (C=O) groups is 1. The Kier molecular flexibility index (Phi) is 3.21. The van der Waals surface area contributed by atoms with Gasteiger partial charge in [-0.25, -0.2) is 0 Å². The number of halogens is 2. The fourth-order valence-electron chi connectivity index (χ4n) is 2.36. The van der Waals surface area contributed by atoms with Gasteiger partial charge in [0.2, 0.25) is 0 Å². The van der Waals surface area contributed by atoms with Crippen LogP contribution in [0.15, 0.2) is 42.5 Å². The van der Waals surface area contributed by atoms with Crippen LogP contribution in [0.2, 0.25) is 10.0 Å². The molecule has 1 aliphatic heterocycles. The predicted octanol–water partition coefficient (Wildman–Crippen LogP) is 4.73. The lowest BCUT2D eigenvalue weighted by Gasteiger charge is -2.27. The number of Topliss-reactive ketones (excluding diaryl/α,β-unsaturated/α-hetero) is 1. The second kappa shape index (κ2) is 4.87. The SMILES string of the molecule is O=C1CC(c2cccc(Cl)c2Cl)Nc2ccccc21. The van der Waals surface area contributed by atoms with Crippen molar-refractivity contribution < 1.29 is 4.79 Å². The minimum absolute atomic E-state index is 0.121. The number of para-hydroxylation sites is 1. The Bertz CT molecular complexity index is 654. The van der Waals surface area contributed by atoms with Gasteiger partial charge in [0.1, 0.15) is 0 Å². The van der Waals surface area contributed by atoms with Gasteiger partial charge in [0.25, 0.3) is 0 Å². The summed E-state index contributed by atoms with van der Waals surface area (Å²) in [6.07, 6.45) is 0.386. The highest BCUT2D eigenvalue weighted by atomic mass is 35.5. The smallest absolute Gasteiger partial charge is 0.167 e. The van der Waals surface area contributed by atoms with Crippen LogP contribution < -0.4 is 5.32 Å². The van der Waals surface area contributed by atoms with Gasteiger partial charge in [-0.05, 0) is 23.8 Å². The average molecular weight is 292 g/mol. The van der Waals surface area contributed by atoms with Crippen molar-refractivity contribution in [3.8, 4) is 0 Å². The standard InChI is InChI=1S/C15H11Cl2NO/c16-11-6-3-5-10(15(11)17)13-8-14(19)9-4-1-2-7-12(9)18-13/h1-7,13,18H,8H2. The molecule has 1 unspecified atom stereocenters. The molecule has 0 saturated heterocycles. The summed E-state index contributed by atoms with van der Waals surface area (Å²) in [6.45, 7) is 0. The van der Waals surface area contributed by atoms with E-state index in [4.69, 9.17) is 23.2 Å². The first-order valence-electron chi connectivity index (χ1n) is 5.99. The summed E-state index contributed by atoms with van der Waals surface area (Å²) in [7, 11) is 0. The lowest BCUT2D eigenvalue weighted by Crippen LogP contribution is -2.22. The Morgan fingerprint density at radius 3 is 2.68 bits per heavy atom. The first-order valence-corrected chi connectivity index (χ1v) is 6.75. The van der Waals surface area contributed by atoms with E-state index >= 15 is 0 Å². The van der Waals surface area contributed by atoms with Crippen molar-refractivity contribution in [2.75, 3.05) is 5.32 Å². The summed E-state index contributed by atoms with van der Waals surface area (Å²) in [5.41, 5.74) is 2.44. The van der Waals surface area contributed by atoms with Crippen LogP contribution in [0.25, 0.3) is 0 Å². The predicted molar refractivity (Wildman–Crippen MR) is 78.2 cm³/mol. The van der Waals surface area contributed by atoms with E-state index in [1.807, 2.05) is 36.4 Å². The maximum absolute atomic E-state index is 12.1. The van der Waals surface area contributed by atoms with Gasteiger partial charge in [0, 0.05) is 17.7 Å². The second-order valence-corrected chi connectivity index (χ2v) is 5.30. The van der Waals surface area contributed by atoms with E-state index in [-0.39, 0.29) is 11.8 Å². The van der Waals surface area contributed by atoms with Gasteiger partial charge >= 0.3 is 0 Å². The second-order valence-electron chi connectivity index (χ2n) is 4.51. The molecule has 19 heavy (non-hydrogen) atoms. The van der Waals surface area contributed by atoms with Crippen LogP contribution in [0.5, 0.6) is 0 Å². The molecule has 1 heterocycles. The molecule has 2 aromatic rings. The van der Waals surface area contributed by atoms with E-state index in [9.17, 15) is 4.79 Å². The Morgan fingerprint density at radius 1 is 1.05 bits per heavy atom. The molecule has 4 heteroatoms. The largest absolute Gasteiger partial charge is 0.377 e. The summed E-state index contributed by atoms with van der Waals surface area (Å²) in [6, 6.07) is 12.9. The van der Waals surface area contributed by atoms with Crippen LogP contribution in [0.3, 0.4) is 0 Å². The molecular weight excluding hydrogens is 281 g/mol. The monoisotopic (exact) mass is 291 g/mol. The summed E-state index contributed by atoms with van der Waals surface area (Å²) in [5.74, 6) is 0.121. The van der Waals surface area contributed by atoms with Crippen LogP contribution in [0.1, 0.15) is 28.4 Å². The van der Waals surface area contributed by atoms with Crippen LogP contribution in [0.4, 0.5) is 5.69 Å². The fraction of sp³-hybridized carbons (Fsp3) is 0.133. The van der Waals surface area contributed by atoms with Crippen molar-refractivity contribution in [2.45, 2.75) is 12.5 Å². The van der Waals surface area contributed by atoms with E-state index in [0.29, 0.717) is 16.5 Å². The zero-order chi connectivity index (χ0) is 13.4. The highest BCUT2D eigenvalue weighted by molar-refractivity contribution is 6.42. The summed E-state index contributed by atoms with van der Waals surface area (Å²) in [4.78, 5) is 12.1. The molecule has 1 aliphatic rings. The normalized spacial score (nSPS) is 17.8. The molecule has 3 rings (SSSR count). The van der Waals surface area contributed by atoms with E-state index in [0.717, 1.165) is 16.8 Å². The van der Waals surface area contributed by atoms with Gasteiger partial charge in [0.05, 0.1) is 16.1 Å². The Labute approximate surface area is 121 Å². The van der Waals surface area contributed by atoms with Crippen molar-refractivity contribution in [3.63, 3.8) is 0 Å². The molecule has 96 valence electrons. The Morgan fingerprint density at radius 2 is 1.84 bits per heavy atom. The zero-order valence-electron chi connectivity index (χ0n) is 9.99. The maximum Gasteiger partial charge on any atom is 0.167 e. The summed E-state index contributed by atoms with van der Waals surface area (Å²) >= 11 is 12.2. The summed E-state index contributed by atoms with van der Waals surface area (Å²) in [5, 5.41) is 4.36. The van der Waals surface area contributed by atoms with Gasteiger partial charge in [-0.15, -0.1) is 0 Å². The van der Waals surface area contributed by atoms with Crippen molar-refractivity contribution >= 4 is 34.7 Å². The van der Waals surface area contributed by atoms with Crippen LogP contribution in [-0.2, 0) is 0 Å². The van der Waals surface area contributed by atoms with E-state index in [1.54, 1.807) is 6.07 Å². The topological polar surface area (TPSA) is 29.1 Å². The first-order chi connectivity index (χ1) is 9.16. The maximum atomic E-state index is 12.1. The highest BCUT2D eigenvalue weighted by Gasteiger charge is 2.26. The number of carbonyl (C=O) groups excluding carboxylic acids is 1. The average Bonchev–Trinajstić information content (AvgIpc) is 2.42. The third kappa shape index (κ3) is 2.22. The fourth-order valence-corrected chi connectivity index (χ4v) is 2.80.